The molecular formula is C33H38ClN3O6. The van der Waals surface area contributed by atoms with Crippen LogP contribution in [-0.2, 0) is 19.1 Å². The molecule has 5 rings (SSSR count). The number of para-hydroxylation sites is 1. The number of likely N-dealkylation sites (tertiary alicyclic amines) is 1. The summed E-state index contributed by atoms with van der Waals surface area (Å²) in [5.74, 6) is -1.86. The van der Waals surface area contributed by atoms with Crippen LogP contribution < -0.4 is 14.5 Å². The molecule has 0 saturated carbocycles. The van der Waals surface area contributed by atoms with Crippen LogP contribution in [0.5, 0.6) is 5.75 Å². The summed E-state index contributed by atoms with van der Waals surface area (Å²) in [6.45, 7) is 10.5. The van der Waals surface area contributed by atoms with Gasteiger partial charge in [-0.25, -0.2) is 0 Å². The van der Waals surface area contributed by atoms with Gasteiger partial charge in [-0.1, -0.05) is 35.9 Å². The maximum absolute atomic E-state index is 14.5. The van der Waals surface area contributed by atoms with Gasteiger partial charge in [0, 0.05) is 31.9 Å². The van der Waals surface area contributed by atoms with Crippen molar-refractivity contribution in [3.63, 3.8) is 0 Å². The molecule has 3 saturated heterocycles. The van der Waals surface area contributed by atoms with Gasteiger partial charge < -0.3 is 29.3 Å². The fourth-order valence-electron chi connectivity index (χ4n) is 6.97. The highest BCUT2D eigenvalue weighted by Gasteiger charge is 2.75. The van der Waals surface area contributed by atoms with Gasteiger partial charge in [0.2, 0.25) is 11.8 Å². The number of benzene rings is 2. The number of aliphatic hydroxyl groups is 1. The summed E-state index contributed by atoms with van der Waals surface area (Å²) in [5, 5.41) is 10.0. The number of carbonyl (C=O) groups is 3. The highest BCUT2D eigenvalue weighted by molar-refractivity contribution is 6.34. The summed E-state index contributed by atoms with van der Waals surface area (Å²) in [7, 11) is 0. The summed E-state index contributed by atoms with van der Waals surface area (Å²) in [4.78, 5) is 47.8. The molecule has 3 amide bonds. The lowest BCUT2D eigenvalue weighted by molar-refractivity contribution is -0.141. The van der Waals surface area contributed by atoms with Gasteiger partial charge in [0.15, 0.2) is 0 Å². The Balaban J connectivity index is 1.53. The number of hydrogen-bond donors (Lipinski definition) is 1. The Morgan fingerprint density at radius 1 is 1.12 bits per heavy atom. The van der Waals surface area contributed by atoms with Crippen molar-refractivity contribution >= 4 is 40.7 Å². The number of rotatable bonds is 13. The molecule has 9 nitrogen and oxygen atoms in total. The lowest BCUT2D eigenvalue weighted by Crippen LogP contribution is -2.56. The van der Waals surface area contributed by atoms with Crippen molar-refractivity contribution in [3.05, 3.63) is 78.9 Å². The molecule has 3 fully saturated rings. The number of ether oxygens (including phenoxy) is 2. The lowest BCUT2D eigenvalue weighted by atomic mass is 9.70. The van der Waals surface area contributed by atoms with Crippen LogP contribution in [0.1, 0.15) is 26.2 Å². The van der Waals surface area contributed by atoms with Crippen molar-refractivity contribution < 1.29 is 29.0 Å². The first-order valence-electron chi connectivity index (χ1n) is 14.7. The molecule has 1 spiro atoms. The summed E-state index contributed by atoms with van der Waals surface area (Å²) in [5.41, 5.74) is -0.0406. The van der Waals surface area contributed by atoms with E-state index in [2.05, 4.69) is 13.2 Å². The SMILES string of the molecule is C=CCN(C(=O)[C@@H]1[C@H]2C(=O)N(CCCO)C(C(=O)N(CC=C)c3ccccc3Cl)C23CC[C@H]1O3)c1ccc(OCC)cc1. The van der Waals surface area contributed by atoms with Gasteiger partial charge in [-0.3, -0.25) is 14.4 Å². The summed E-state index contributed by atoms with van der Waals surface area (Å²) in [6, 6.07) is 13.2. The smallest absolute Gasteiger partial charge is 0.253 e. The van der Waals surface area contributed by atoms with Crippen LogP contribution in [0.3, 0.4) is 0 Å². The van der Waals surface area contributed by atoms with Crippen LogP contribution >= 0.6 is 11.6 Å². The van der Waals surface area contributed by atoms with Crippen LogP contribution in [0.2, 0.25) is 5.02 Å². The van der Waals surface area contributed by atoms with Crippen molar-refractivity contribution in [3.8, 4) is 5.75 Å². The zero-order valence-electron chi connectivity index (χ0n) is 24.4. The first kappa shape index (κ1) is 30.8. The number of anilines is 2. The quantitative estimate of drug-likeness (QED) is 0.342. The predicted octanol–water partition coefficient (Wildman–Crippen LogP) is 4.23. The molecule has 2 bridgehead atoms. The summed E-state index contributed by atoms with van der Waals surface area (Å²) >= 11 is 6.52. The highest BCUT2D eigenvalue weighted by atomic mass is 35.5. The third-order valence-electron chi connectivity index (χ3n) is 8.63. The summed E-state index contributed by atoms with van der Waals surface area (Å²) < 4.78 is 12.2. The van der Waals surface area contributed by atoms with Crippen molar-refractivity contribution in [2.75, 3.05) is 42.6 Å². The van der Waals surface area contributed by atoms with Gasteiger partial charge in [-0.15, -0.1) is 13.2 Å². The molecule has 0 aromatic heterocycles. The third-order valence-corrected chi connectivity index (χ3v) is 8.95. The van der Waals surface area contributed by atoms with E-state index in [0.29, 0.717) is 41.6 Å². The minimum absolute atomic E-state index is 0.151. The van der Waals surface area contributed by atoms with Crippen LogP contribution in [0.4, 0.5) is 11.4 Å². The first-order chi connectivity index (χ1) is 20.8. The predicted molar refractivity (Wildman–Crippen MR) is 165 cm³/mol. The Morgan fingerprint density at radius 2 is 1.81 bits per heavy atom. The molecule has 3 aliphatic rings. The minimum atomic E-state index is -1.19. The van der Waals surface area contributed by atoms with Crippen LogP contribution in [0.25, 0.3) is 0 Å². The number of fused-ring (bicyclic) bond motifs is 1. The molecule has 5 atom stereocenters. The van der Waals surface area contributed by atoms with E-state index in [1.807, 2.05) is 19.1 Å². The van der Waals surface area contributed by atoms with E-state index in [1.54, 1.807) is 53.5 Å². The minimum Gasteiger partial charge on any atom is -0.494 e. The monoisotopic (exact) mass is 607 g/mol. The number of amides is 3. The van der Waals surface area contributed by atoms with Gasteiger partial charge in [-0.05, 0) is 62.6 Å². The maximum Gasteiger partial charge on any atom is 0.253 e. The van der Waals surface area contributed by atoms with E-state index < -0.39 is 29.6 Å². The molecule has 1 N–H and O–H groups in total. The van der Waals surface area contributed by atoms with Crippen LogP contribution in [0, 0.1) is 11.8 Å². The van der Waals surface area contributed by atoms with Gasteiger partial charge >= 0.3 is 0 Å². The van der Waals surface area contributed by atoms with E-state index in [9.17, 15) is 19.5 Å². The maximum atomic E-state index is 14.5. The molecule has 3 heterocycles. The van der Waals surface area contributed by atoms with Gasteiger partial charge in [-0.2, -0.15) is 0 Å². The Kier molecular flexibility index (Phi) is 9.25. The van der Waals surface area contributed by atoms with E-state index in [1.165, 1.54) is 9.80 Å². The zero-order chi connectivity index (χ0) is 30.7. The topological polar surface area (TPSA) is 99.6 Å². The standard InChI is InChI=1S/C33H38ClN3O6/c1-4-18-35(22-12-14-23(15-13-22)42-6-3)30(39)27-26-16-17-33(43-26)28(27)31(40)37(20-9-21-38)29(33)32(41)36(19-5-2)25-11-8-7-10-24(25)34/h4-5,7-8,10-15,26-29,38H,1-2,6,9,16-21H2,3H3/t26-,27+,28+,29?,33?/m1/s1. The molecular weight excluding hydrogens is 570 g/mol. The van der Waals surface area contributed by atoms with Crippen molar-refractivity contribution in [2.24, 2.45) is 11.8 Å². The van der Waals surface area contributed by atoms with Crippen molar-refractivity contribution in [1.82, 2.24) is 4.90 Å². The van der Waals surface area contributed by atoms with Gasteiger partial charge in [0.1, 0.15) is 17.4 Å². The second-order valence-corrected chi connectivity index (χ2v) is 11.4. The fraction of sp³-hybridized carbons (Fsp3) is 0.424. The molecule has 0 aliphatic carbocycles. The highest BCUT2D eigenvalue weighted by Crippen LogP contribution is 2.59. The number of halogens is 1. The van der Waals surface area contributed by atoms with Crippen LogP contribution in [0.15, 0.2) is 73.8 Å². The zero-order valence-corrected chi connectivity index (χ0v) is 25.1. The van der Waals surface area contributed by atoms with E-state index in [4.69, 9.17) is 21.1 Å². The van der Waals surface area contributed by atoms with Crippen LogP contribution in [-0.4, -0.2) is 78.3 Å². The number of hydrogen-bond acceptors (Lipinski definition) is 6. The second-order valence-electron chi connectivity index (χ2n) is 11.0. The average molecular weight is 608 g/mol. The lowest BCUT2D eigenvalue weighted by Gasteiger charge is -2.37. The second kappa shape index (κ2) is 12.9. The Bertz CT molecular complexity index is 1380. The Hall–Kier alpha value is -3.66. The number of carbonyl (C=O) groups excluding carboxylic acids is 3. The van der Waals surface area contributed by atoms with E-state index >= 15 is 0 Å². The Labute approximate surface area is 257 Å². The summed E-state index contributed by atoms with van der Waals surface area (Å²) in [6.07, 6.45) is 4.01. The van der Waals surface area contributed by atoms with Crippen molar-refractivity contribution in [2.45, 2.75) is 43.9 Å². The molecule has 2 aromatic carbocycles. The largest absolute Gasteiger partial charge is 0.494 e. The third kappa shape index (κ3) is 5.34. The van der Waals surface area contributed by atoms with Gasteiger partial charge in [0.25, 0.3) is 5.91 Å². The molecule has 2 unspecified atom stereocenters. The number of aliphatic hydroxyl groups excluding tert-OH is 1. The van der Waals surface area contributed by atoms with Crippen molar-refractivity contribution in [1.29, 1.82) is 0 Å². The van der Waals surface area contributed by atoms with E-state index in [0.717, 1.165) is 0 Å². The molecule has 0 radical (unpaired) electrons. The molecule has 3 aliphatic heterocycles. The fourth-order valence-corrected chi connectivity index (χ4v) is 7.21. The number of nitrogens with zero attached hydrogens (tertiary/aromatic N) is 3. The van der Waals surface area contributed by atoms with E-state index in [-0.39, 0.29) is 50.4 Å². The van der Waals surface area contributed by atoms with Gasteiger partial charge in [0.05, 0.1) is 35.3 Å². The first-order valence-corrected chi connectivity index (χ1v) is 15.1. The normalized spacial score (nSPS) is 25.4. The molecule has 2 aromatic rings. The molecule has 43 heavy (non-hydrogen) atoms. The average Bonchev–Trinajstić information content (AvgIpc) is 3.65. The molecule has 10 heteroatoms. The molecule has 228 valence electrons. The Morgan fingerprint density at radius 3 is 2.47 bits per heavy atom.